The van der Waals surface area contributed by atoms with Crippen molar-refractivity contribution in [2.24, 2.45) is 5.92 Å². The van der Waals surface area contributed by atoms with Crippen molar-refractivity contribution in [3.63, 3.8) is 0 Å². The van der Waals surface area contributed by atoms with Crippen LogP contribution in [-0.2, 0) is 6.54 Å². The summed E-state index contributed by atoms with van der Waals surface area (Å²) in [5, 5.41) is 4.17. The maximum absolute atomic E-state index is 5.99. The second-order valence-corrected chi connectivity index (χ2v) is 6.06. The Labute approximate surface area is 131 Å². The Balaban J connectivity index is 1.81. The minimum Gasteiger partial charge on any atom is -0.497 e. The van der Waals surface area contributed by atoms with Crippen molar-refractivity contribution >= 4 is 5.88 Å². The van der Waals surface area contributed by atoms with Gasteiger partial charge in [0.15, 0.2) is 0 Å². The summed E-state index contributed by atoms with van der Waals surface area (Å²) < 4.78 is 10.4. The van der Waals surface area contributed by atoms with Crippen molar-refractivity contribution in [3.05, 3.63) is 30.0 Å². The maximum atomic E-state index is 5.99. The van der Waals surface area contributed by atoms with E-state index in [-0.39, 0.29) is 0 Å². The van der Waals surface area contributed by atoms with E-state index in [0.29, 0.717) is 5.88 Å². The van der Waals surface area contributed by atoms with Gasteiger partial charge < -0.3 is 15.0 Å². The van der Waals surface area contributed by atoms with Gasteiger partial charge >= 0.3 is 0 Å². The number of rotatable bonds is 4. The van der Waals surface area contributed by atoms with Gasteiger partial charge in [-0.1, -0.05) is 24.2 Å². The molecule has 1 aromatic carbocycles. The average molecular weight is 301 g/mol. The minimum absolute atomic E-state index is 0.380. The fourth-order valence-corrected chi connectivity index (χ4v) is 2.94. The van der Waals surface area contributed by atoms with Crippen molar-refractivity contribution < 1.29 is 9.26 Å². The Morgan fingerprint density at radius 3 is 2.59 bits per heavy atom. The second-order valence-electron chi connectivity index (χ2n) is 6.06. The van der Waals surface area contributed by atoms with Gasteiger partial charge in [0.25, 0.3) is 0 Å². The lowest BCUT2D eigenvalue weighted by atomic mass is 9.98. The summed E-state index contributed by atoms with van der Waals surface area (Å²) in [6.07, 6.45) is 2.48. The first-order chi connectivity index (χ1) is 10.7. The highest BCUT2D eigenvalue weighted by Gasteiger charge is 2.21. The number of benzene rings is 1. The normalized spacial score (nSPS) is 16.8. The Kier molecular flexibility index (Phi) is 4.34. The molecule has 0 atom stereocenters. The summed E-state index contributed by atoms with van der Waals surface area (Å²) in [7, 11) is 1.66. The first kappa shape index (κ1) is 14.9. The van der Waals surface area contributed by atoms with Gasteiger partial charge in [-0.05, 0) is 49.5 Å². The molecule has 0 bridgehead atoms. The van der Waals surface area contributed by atoms with E-state index in [2.05, 4.69) is 17.0 Å². The van der Waals surface area contributed by atoms with E-state index in [4.69, 9.17) is 15.0 Å². The van der Waals surface area contributed by atoms with Crippen LogP contribution in [0.25, 0.3) is 11.1 Å². The van der Waals surface area contributed by atoms with Crippen LogP contribution in [0.1, 0.15) is 25.5 Å². The van der Waals surface area contributed by atoms with Crippen LogP contribution in [0.15, 0.2) is 28.8 Å². The monoisotopic (exact) mass is 301 g/mol. The molecule has 1 aromatic heterocycles. The fraction of sp³-hybridized carbons (Fsp3) is 0.471. The van der Waals surface area contributed by atoms with E-state index in [1.165, 1.54) is 12.8 Å². The Hall–Kier alpha value is -2.01. The summed E-state index contributed by atoms with van der Waals surface area (Å²) in [6, 6.07) is 7.83. The van der Waals surface area contributed by atoms with E-state index < -0.39 is 0 Å². The summed E-state index contributed by atoms with van der Waals surface area (Å²) in [5.74, 6) is 2.02. The smallest absolute Gasteiger partial charge is 0.230 e. The van der Waals surface area contributed by atoms with Crippen LogP contribution in [-0.4, -0.2) is 30.3 Å². The zero-order valence-corrected chi connectivity index (χ0v) is 13.2. The molecule has 3 rings (SSSR count). The summed E-state index contributed by atoms with van der Waals surface area (Å²) in [4.78, 5) is 2.42. The molecule has 5 nitrogen and oxygen atoms in total. The number of hydrogen-bond donors (Lipinski definition) is 1. The summed E-state index contributed by atoms with van der Waals surface area (Å²) in [5.41, 5.74) is 8.82. The standard InChI is InChI=1S/C17H23N3O2/c1-12-7-9-20(10-8-12)11-15-16(17(18)22-19-15)13-3-5-14(21-2)6-4-13/h3-6,12H,7-11,18H2,1-2H3. The molecule has 0 radical (unpaired) electrons. The first-order valence-corrected chi connectivity index (χ1v) is 7.78. The number of nitrogen functional groups attached to an aromatic ring is 1. The van der Waals surface area contributed by atoms with E-state index in [1.54, 1.807) is 7.11 Å². The number of likely N-dealkylation sites (tertiary alicyclic amines) is 1. The van der Waals surface area contributed by atoms with Crippen molar-refractivity contribution in [1.82, 2.24) is 10.1 Å². The van der Waals surface area contributed by atoms with Crippen LogP contribution in [0.2, 0.25) is 0 Å². The van der Waals surface area contributed by atoms with Gasteiger partial charge in [-0.25, -0.2) is 0 Å². The molecule has 2 N–H and O–H groups in total. The Morgan fingerprint density at radius 1 is 1.27 bits per heavy atom. The molecule has 1 aliphatic heterocycles. The molecule has 0 spiro atoms. The molecule has 22 heavy (non-hydrogen) atoms. The number of anilines is 1. The fourth-order valence-electron chi connectivity index (χ4n) is 2.94. The SMILES string of the molecule is COc1ccc(-c2c(CN3CCC(C)CC3)noc2N)cc1. The third kappa shape index (κ3) is 3.09. The van der Waals surface area contributed by atoms with Crippen LogP contribution >= 0.6 is 0 Å². The van der Waals surface area contributed by atoms with Crippen molar-refractivity contribution in [2.45, 2.75) is 26.3 Å². The number of methoxy groups -OCH3 is 1. The zero-order valence-electron chi connectivity index (χ0n) is 13.2. The third-order valence-electron chi connectivity index (χ3n) is 4.42. The molecular weight excluding hydrogens is 278 g/mol. The van der Waals surface area contributed by atoms with Gasteiger partial charge in [0.05, 0.1) is 12.7 Å². The average Bonchev–Trinajstić information content (AvgIpc) is 2.90. The number of hydrogen-bond acceptors (Lipinski definition) is 5. The lowest BCUT2D eigenvalue weighted by Crippen LogP contribution is -2.32. The van der Waals surface area contributed by atoms with Gasteiger partial charge in [-0.3, -0.25) is 4.90 Å². The van der Waals surface area contributed by atoms with E-state index in [0.717, 1.165) is 48.1 Å². The van der Waals surface area contributed by atoms with Crippen LogP contribution in [0.5, 0.6) is 5.75 Å². The van der Waals surface area contributed by atoms with Crippen LogP contribution < -0.4 is 10.5 Å². The molecule has 0 aliphatic carbocycles. The molecule has 2 heterocycles. The molecule has 118 valence electrons. The van der Waals surface area contributed by atoms with Crippen LogP contribution in [0.4, 0.5) is 5.88 Å². The van der Waals surface area contributed by atoms with E-state index >= 15 is 0 Å². The van der Waals surface area contributed by atoms with Gasteiger partial charge in [0.1, 0.15) is 11.4 Å². The second kappa shape index (κ2) is 6.40. The van der Waals surface area contributed by atoms with Crippen LogP contribution in [0, 0.1) is 5.92 Å². The van der Waals surface area contributed by atoms with Crippen LogP contribution in [0.3, 0.4) is 0 Å². The number of nitrogens with two attached hydrogens (primary N) is 1. The lowest BCUT2D eigenvalue weighted by molar-refractivity contribution is 0.181. The molecule has 5 heteroatoms. The lowest BCUT2D eigenvalue weighted by Gasteiger charge is -2.29. The molecule has 1 saturated heterocycles. The molecule has 0 saturated carbocycles. The highest BCUT2D eigenvalue weighted by Crippen LogP contribution is 2.32. The number of aromatic nitrogens is 1. The van der Waals surface area contributed by atoms with Gasteiger partial charge in [0, 0.05) is 6.54 Å². The number of ether oxygens (including phenoxy) is 1. The van der Waals surface area contributed by atoms with Gasteiger partial charge in [-0.15, -0.1) is 0 Å². The highest BCUT2D eigenvalue weighted by atomic mass is 16.5. The molecule has 0 amide bonds. The number of piperidine rings is 1. The molecule has 1 aliphatic rings. The number of nitrogens with zero attached hydrogens (tertiary/aromatic N) is 2. The largest absolute Gasteiger partial charge is 0.497 e. The Morgan fingerprint density at radius 2 is 1.95 bits per heavy atom. The summed E-state index contributed by atoms with van der Waals surface area (Å²) >= 11 is 0. The summed E-state index contributed by atoms with van der Waals surface area (Å²) in [6.45, 7) is 5.31. The quantitative estimate of drug-likeness (QED) is 0.939. The molecule has 2 aromatic rings. The van der Waals surface area contributed by atoms with Gasteiger partial charge in [0.2, 0.25) is 5.88 Å². The zero-order chi connectivity index (χ0) is 15.5. The maximum Gasteiger partial charge on any atom is 0.230 e. The highest BCUT2D eigenvalue weighted by molar-refractivity contribution is 5.75. The topological polar surface area (TPSA) is 64.5 Å². The van der Waals surface area contributed by atoms with E-state index in [9.17, 15) is 0 Å². The van der Waals surface area contributed by atoms with E-state index in [1.807, 2.05) is 24.3 Å². The first-order valence-electron chi connectivity index (χ1n) is 7.78. The molecule has 1 fully saturated rings. The predicted octanol–water partition coefficient (Wildman–Crippen LogP) is 3.16. The predicted molar refractivity (Wildman–Crippen MR) is 86.6 cm³/mol. The molecular formula is C17H23N3O2. The van der Waals surface area contributed by atoms with Gasteiger partial charge in [-0.2, -0.15) is 0 Å². The van der Waals surface area contributed by atoms with Crippen molar-refractivity contribution in [3.8, 4) is 16.9 Å². The Bertz CT molecular complexity index is 613. The molecule has 0 unspecified atom stereocenters. The van der Waals surface area contributed by atoms with Crippen molar-refractivity contribution in [1.29, 1.82) is 0 Å². The van der Waals surface area contributed by atoms with Crippen molar-refractivity contribution in [2.75, 3.05) is 25.9 Å². The minimum atomic E-state index is 0.380. The third-order valence-corrected chi connectivity index (χ3v) is 4.42.